The van der Waals surface area contributed by atoms with E-state index in [1.54, 1.807) is 32.9 Å². The summed E-state index contributed by atoms with van der Waals surface area (Å²) in [6.45, 7) is 6.02. The summed E-state index contributed by atoms with van der Waals surface area (Å²) in [4.78, 5) is 22.5. The van der Waals surface area contributed by atoms with Crippen LogP contribution in [0.4, 0.5) is 16.2 Å². The van der Waals surface area contributed by atoms with Crippen LogP contribution in [0.25, 0.3) is 0 Å². The van der Waals surface area contributed by atoms with Crippen LogP contribution in [-0.4, -0.2) is 35.8 Å². The van der Waals surface area contributed by atoms with Gasteiger partial charge >= 0.3 is 6.09 Å². The molecule has 0 heterocycles. The average Bonchev–Trinajstić information content (AvgIpc) is 2.42. The third kappa shape index (κ3) is 6.47. The van der Waals surface area contributed by atoms with Gasteiger partial charge in [0.25, 0.3) is 0 Å². The van der Waals surface area contributed by atoms with Gasteiger partial charge in [-0.05, 0) is 32.9 Å². The number of hydrogen-bond acceptors (Lipinski definition) is 6. The number of anilines is 2. The summed E-state index contributed by atoms with van der Waals surface area (Å²) in [5, 5.41) is 15.4. The maximum Gasteiger partial charge on any atom is 0.407 e. The number of benzene rings is 1. The largest absolute Gasteiger partial charge is 0.506 e. The number of rotatable bonds is 6. The number of nitrogens with two attached hydrogens (primary N) is 2. The third-order valence-electron chi connectivity index (χ3n) is 2.76. The summed E-state index contributed by atoms with van der Waals surface area (Å²) in [6.07, 6.45) is 2.98. The first-order valence-corrected chi connectivity index (χ1v) is 7.38. The molecule has 0 unspecified atom stereocenters. The fraction of sp³-hybridized carbons (Fsp3) is 0.375. The average molecular weight is 336 g/mol. The van der Waals surface area contributed by atoms with E-state index >= 15 is 0 Å². The molecule has 0 aliphatic heterocycles. The summed E-state index contributed by atoms with van der Waals surface area (Å²) in [6, 6.07) is 2.63. The van der Waals surface area contributed by atoms with Crippen molar-refractivity contribution in [3.63, 3.8) is 0 Å². The first-order valence-electron chi connectivity index (χ1n) is 7.38. The molecule has 0 saturated carbocycles. The molecule has 1 aromatic carbocycles. The van der Waals surface area contributed by atoms with Crippen LogP contribution in [-0.2, 0) is 4.74 Å². The van der Waals surface area contributed by atoms with Crippen molar-refractivity contribution >= 4 is 23.4 Å². The molecule has 0 spiro atoms. The Kier molecular flexibility index (Phi) is 6.46. The summed E-state index contributed by atoms with van der Waals surface area (Å²) in [7, 11) is 0. The number of phenolic OH excluding ortho intramolecular Hbond substituents is 1. The zero-order valence-electron chi connectivity index (χ0n) is 14.1. The summed E-state index contributed by atoms with van der Waals surface area (Å²) < 4.78 is 5.09. The van der Waals surface area contributed by atoms with Crippen LogP contribution in [0.5, 0.6) is 5.75 Å². The molecule has 0 saturated heterocycles. The van der Waals surface area contributed by atoms with E-state index in [2.05, 4.69) is 10.6 Å². The van der Waals surface area contributed by atoms with Crippen molar-refractivity contribution in [2.75, 3.05) is 24.1 Å². The lowest BCUT2D eigenvalue weighted by Crippen LogP contribution is -2.32. The molecule has 0 aliphatic rings. The Morgan fingerprint density at radius 1 is 1.25 bits per heavy atom. The molecular weight excluding hydrogens is 312 g/mol. The van der Waals surface area contributed by atoms with Gasteiger partial charge in [0.1, 0.15) is 17.0 Å². The van der Waals surface area contributed by atoms with Crippen LogP contribution < -0.4 is 22.1 Å². The molecule has 2 amide bonds. The Bertz CT molecular complexity index is 612. The lowest BCUT2D eigenvalue weighted by molar-refractivity contribution is 0.0534. The second kappa shape index (κ2) is 8.09. The van der Waals surface area contributed by atoms with Crippen molar-refractivity contribution < 1.29 is 19.4 Å². The van der Waals surface area contributed by atoms with Crippen LogP contribution in [0.3, 0.4) is 0 Å². The minimum atomic E-state index is -0.670. The van der Waals surface area contributed by atoms with E-state index in [1.807, 2.05) is 0 Å². The standard InChI is InChI=1S/C16H24N4O4/c1-16(2,3)24-15(23)20-7-5-4-6-19-13-11(17)8-10(14(18)22)9-12(13)21/h4-5,8-9,19,21H,6-7,17H2,1-3H3,(H2,18,22)(H,20,23)/b5-4+. The predicted molar refractivity (Wildman–Crippen MR) is 92.9 cm³/mol. The van der Waals surface area contributed by atoms with E-state index < -0.39 is 17.6 Å². The van der Waals surface area contributed by atoms with Gasteiger partial charge < -0.3 is 31.9 Å². The highest BCUT2D eigenvalue weighted by atomic mass is 16.6. The summed E-state index contributed by atoms with van der Waals surface area (Å²) in [5.41, 5.74) is 11.0. The second-order valence-corrected chi connectivity index (χ2v) is 6.06. The quantitative estimate of drug-likeness (QED) is 0.303. The predicted octanol–water partition coefficient (Wildman–Crippen LogP) is 1.57. The molecule has 0 radical (unpaired) electrons. The van der Waals surface area contributed by atoms with Gasteiger partial charge in [-0.25, -0.2) is 4.79 Å². The monoisotopic (exact) mass is 336 g/mol. The van der Waals surface area contributed by atoms with Crippen molar-refractivity contribution in [2.24, 2.45) is 5.73 Å². The summed E-state index contributed by atoms with van der Waals surface area (Å²) >= 11 is 0. The van der Waals surface area contributed by atoms with Crippen molar-refractivity contribution in [1.82, 2.24) is 5.32 Å². The number of nitrogens with one attached hydrogen (secondary N) is 2. The third-order valence-corrected chi connectivity index (χ3v) is 2.76. The normalized spacial score (nSPS) is 11.3. The lowest BCUT2D eigenvalue weighted by atomic mass is 10.1. The lowest BCUT2D eigenvalue weighted by Gasteiger charge is -2.19. The Balaban J connectivity index is 2.45. The van der Waals surface area contributed by atoms with Gasteiger partial charge in [0.2, 0.25) is 5.91 Å². The molecule has 0 bridgehead atoms. The van der Waals surface area contributed by atoms with E-state index in [0.29, 0.717) is 18.8 Å². The van der Waals surface area contributed by atoms with E-state index in [9.17, 15) is 14.7 Å². The number of aromatic hydroxyl groups is 1. The van der Waals surface area contributed by atoms with Gasteiger partial charge in [0, 0.05) is 18.7 Å². The van der Waals surface area contributed by atoms with Crippen LogP contribution in [0.2, 0.25) is 0 Å². The molecule has 0 atom stereocenters. The number of hydrogen-bond donors (Lipinski definition) is 5. The van der Waals surface area contributed by atoms with Crippen molar-refractivity contribution in [1.29, 1.82) is 0 Å². The molecule has 0 aliphatic carbocycles. The van der Waals surface area contributed by atoms with Gasteiger partial charge in [0.05, 0.1) is 5.69 Å². The number of primary amides is 1. The molecule has 8 nitrogen and oxygen atoms in total. The minimum absolute atomic E-state index is 0.132. The number of carbonyl (C=O) groups excluding carboxylic acids is 2. The van der Waals surface area contributed by atoms with Gasteiger partial charge in [-0.3, -0.25) is 4.79 Å². The number of alkyl carbamates (subject to hydrolysis) is 1. The molecule has 24 heavy (non-hydrogen) atoms. The molecule has 8 heteroatoms. The van der Waals surface area contributed by atoms with Crippen LogP contribution in [0, 0.1) is 0 Å². The molecule has 0 fully saturated rings. The van der Waals surface area contributed by atoms with Gasteiger partial charge in [-0.1, -0.05) is 12.2 Å². The second-order valence-electron chi connectivity index (χ2n) is 6.06. The van der Waals surface area contributed by atoms with Gasteiger partial charge in [-0.15, -0.1) is 0 Å². The van der Waals surface area contributed by atoms with Crippen molar-refractivity contribution in [2.45, 2.75) is 26.4 Å². The number of nitrogen functional groups attached to an aromatic ring is 1. The van der Waals surface area contributed by atoms with E-state index in [0.717, 1.165) is 0 Å². The maximum atomic E-state index is 11.4. The fourth-order valence-corrected chi connectivity index (χ4v) is 1.77. The Hall–Kier alpha value is -2.90. The first-order chi connectivity index (χ1) is 11.1. The zero-order chi connectivity index (χ0) is 18.3. The molecule has 0 aromatic heterocycles. The Morgan fingerprint density at radius 2 is 1.88 bits per heavy atom. The minimum Gasteiger partial charge on any atom is -0.506 e. The summed E-state index contributed by atoms with van der Waals surface area (Å²) in [5.74, 6) is -0.833. The Morgan fingerprint density at radius 3 is 2.42 bits per heavy atom. The molecule has 7 N–H and O–H groups in total. The smallest absolute Gasteiger partial charge is 0.407 e. The van der Waals surface area contributed by atoms with Crippen LogP contribution >= 0.6 is 0 Å². The van der Waals surface area contributed by atoms with Crippen molar-refractivity contribution in [3.05, 3.63) is 29.8 Å². The number of phenols is 1. The highest BCUT2D eigenvalue weighted by Gasteiger charge is 2.15. The zero-order valence-corrected chi connectivity index (χ0v) is 14.1. The van der Waals surface area contributed by atoms with E-state index in [4.69, 9.17) is 16.2 Å². The van der Waals surface area contributed by atoms with E-state index in [-0.39, 0.29) is 17.0 Å². The maximum absolute atomic E-state index is 11.4. The number of carbonyl (C=O) groups is 2. The first kappa shape index (κ1) is 19.1. The number of ether oxygens (including phenoxy) is 1. The Labute approximate surface area is 140 Å². The molecular formula is C16H24N4O4. The van der Waals surface area contributed by atoms with Gasteiger partial charge in [0.15, 0.2) is 0 Å². The number of amides is 2. The highest BCUT2D eigenvalue weighted by Crippen LogP contribution is 2.31. The van der Waals surface area contributed by atoms with Crippen LogP contribution in [0.15, 0.2) is 24.3 Å². The molecule has 132 valence electrons. The molecule has 1 aromatic rings. The fourth-order valence-electron chi connectivity index (χ4n) is 1.77. The van der Waals surface area contributed by atoms with Gasteiger partial charge in [-0.2, -0.15) is 0 Å². The van der Waals surface area contributed by atoms with Crippen LogP contribution in [0.1, 0.15) is 31.1 Å². The van der Waals surface area contributed by atoms with E-state index in [1.165, 1.54) is 12.1 Å². The highest BCUT2D eigenvalue weighted by molar-refractivity contribution is 5.96. The topological polar surface area (TPSA) is 140 Å². The SMILES string of the molecule is CC(C)(C)OC(=O)NC/C=C/CNc1c(N)cc(C(N)=O)cc1O. The molecule has 1 rings (SSSR count). The van der Waals surface area contributed by atoms with Crippen molar-refractivity contribution in [3.8, 4) is 5.75 Å².